The lowest BCUT2D eigenvalue weighted by Crippen LogP contribution is -2.27. The van der Waals surface area contributed by atoms with Crippen molar-refractivity contribution in [3.8, 4) is 0 Å². The van der Waals surface area contributed by atoms with Crippen LogP contribution in [0.25, 0.3) is 0 Å². The van der Waals surface area contributed by atoms with Gasteiger partial charge in [-0.25, -0.2) is 0 Å². The van der Waals surface area contributed by atoms with E-state index < -0.39 is 17.7 Å². The summed E-state index contributed by atoms with van der Waals surface area (Å²) < 4.78 is 0. The molecule has 1 atom stereocenters. The molecule has 0 spiro atoms. The van der Waals surface area contributed by atoms with Crippen molar-refractivity contribution in [3.63, 3.8) is 0 Å². The molecule has 1 aliphatic heterocycles. The van der Waals surface area contributed by atoms with E-state index in [1.165, 1.54) is 0 Å². The molecule has 0 aromatic carbocycles. The van der Waals surface area contributed by atoms with Gasteiger partial charge in [0, 0.05) is 6.42 Å². The van der Waals surface area contributed by atoms with E-state index in [1.54, 1.807) is 0 Å². The van der Waals surface area contributed by atoms with Gasteiger partial charge >= 0.3 is 0 Å². The second-order valence-electron chi connectivity index (χ2n) is 1.84. The van der Waals surface area contributed by atoms with Crippen LogP contribution in [0.4, 0.5) is 0 Å². The Balaban J connectivity index is 2.64. The third kappa shape index (κ3) is 0.960. The van der Waals surface area contributed by atoms with Gasteiger partial charge in [0.15, 0.2) is 0 Å². The molecule has 1 saturated heterocycles. The normalized spacial score (nSPS) is 26.0. The second-order valence-corrected chi connectivity index (χ2v) is 1.84. The molecule has 1 heterocycles. The largest absolute Gasteiger partial charge is 0.340 e. The van der Waals surface area contributed by atoms with Crippen LogP contribution >= 0.6 is 0 Å². The van der Waals surface area contributed by atoms with Gasteiger partial charge in [0.05, 0.1) is 6.04 Å². The minimum Gasteiger partial charge on any atom is -0.340 e. The van der Waals surface area contributed by atoms with Crippen molar-refractivity contribution in [2.45, 2.75) is 12.5 Å². The lowest BCUT2D eigenvalue weighted by Gasteiger charge is -1.92. The Kier molecular flexibility index (Phi) is 1.30. The molecule has 9 heavy (non-hydrogen) atoms. The van der Waals surface area contributed by atoms with Crippen molar-refractivity contribution in [2.24, 2.45) is 0 Å². The van der Waals surface area contributed by atoms with E-state index in [-0.39, 0.29) is 6.42 Å². The minimum atomic E-state index is -0.646. The molecule has 1 amide bonds. The molecule has 0 aromatic rings. The van der Waals surface area contributed by atoms with E-state index in [1.807, 2.05) is 0 Å². The smallest absolute Gasteiger partial charge is 0.288 e. The highest BCUT2D eigenvalue weighted by atomic mass is 16.2. The average Bonchev–Trinajstić information content (AvgIpc) is 2.13. The van der Waals surface area contributed by atoms with Crippen molar-refractivity contribution >= 4 is 18.0 Å². The molecule has 0 saturated carbocycles. The summed E-state index contributed by atoms with van der Waals surface area (Å²) in [6, 6.07) is -0.579. The second kappa shape index (κ2) is 1.97. The van der Waals surface area contributed by atoms with E-state index >= 15 is 0 Å². The number of Topliss-reactive ketones (excluding diaryl/α,β-unsaturated/α-hetero) is 1. The number of carbonyl (C=O) groups excluding carboxylic acids is 3. The molecule has 0 radical (unpaired) electrons. The maximum atomic E-state index is 10.4. The van der Waals surface area contributed by atoms with E-state index in [9.17, 15) is 14.4 Å². The quantitative estimate of drug-likeness (QED) is 0.349. The van der Waals surface area contributed by atoms with Crippen LogP contribution in [0.3, 0.4) is 0 Å². The van der Waals surface area contributed by atoms with Crippen molar-refractivity contribution in [2.75, 3.05) is 0 Å². The Morgan fingerprint density at radius 2 is 2.22 bits per heavy atom. The number of ketones is 1. The van der Waals surface area contributed by atoms with Crippen LogP contribution in [0.1, 0.15) is 6.42 Å². The molecule has 4 heteroatoms. The standard InChI is InChI=1S/C5H5NO3/c7-2-3-1-4(8)5(9)6-3/h2-3H,1H2,(H,6,9). The summed E-state index contributed by atoms with van der Waals surface area (Å²) in [6.45, 7) is 0. The monoisotopic (exact) mass is 127 g/mol. The van der Waals surface area contributed by atoms with E-state index in [0.717, 1.165) is 0 Å². The number of aldehydes is 1. The Morgan fingerprint density at radius 1 is 1.56 bits per heavy atom. The van der Waals surface area contributed by atoms with Crippen LogP contribution in [0, 0.1) is 0 Å². The van der Waals surface area contributed by atoms with Gasteiger partial charge in [-0.15, -0.1) is 0 Å². The van der Waals surface area contributed by atoms with E-state index in [4.69, 9.17) is 0 Å². The third-order valence-electron chi connectivity index (χ3n) is 1.14. The summed E-state index contributed by atoms with van der Waals surface area (Å²) >= 11 is 0. The number of carbonyl (C=O) groups is 3. The van der Waals surface area contributed by atoms with Gasteiger partial charge in [0.1, 0.15) is 6.29 Å². The molecular formula is C5H5NO3. The molecule has 1 unspecified atom stereocenters. The fraction of sp³-hybridized carbons (Fsp3) is 0.400. The van der Waals surface area contributed by atoms with Crippen LogP contribution < -0.4 is 5.32 Å². The Hall–Kier alpha value is -1.19. The first-order chi connectivity index (χ1) is 4.24. The van der Waals surface area contributed by atoms with Crippen molar-refractivity contribution in [1.82, 2.24) is 5.32 Å². The van der Waals surface area contributed by atoms with Crippen LogP contribution in [-0.4, -0.2) is 24.0 Å². The van der Waals surface area contributed by atoms with Gasteiger partial charge in [-0.2, -0.15) is 0 Å². The molecule has 0 aliphatic carbocycles. The lowest BCUT2D eigenvalue weighted by molar-refractivity contribution is -0.135. The number of hydrogen-bond donors (Lipinski definition) is 1. The average molecular weight is 127 g/mol. The zero-order chi connectivity index (χ0) is 6.85. The predicted molar refractivity (Wildman–Crippen MR) is 27.6 cm³/mol. The van der Waals surface area contributed by atoms with Gasteiger partial charge in [0.25, 0.3) is 5.91 Å². The minimum absolute atomic E-state index is 0.0162. The van der Waals surface area contributed by atoms with Crippen LogP contribution in [0.5, 0.6) is 0 Å². The summed E-state index contributed by atoms with van der Waals surface area (Å²) in [4.78, 5) is 30.6. The first-order valence-electron chi connectivity index (χ1n) is 2.53. The molecule has 1 N–H and O–H groups in total. The van der Waals surface area contributed by atoms with Crippen molar-refractivity contribution in [1.29, 1.82) is 0 Å². The fourth-order valence-electron chi connectivity index (χ4n) is 0.674. The van der Waals surface area contributed by atoms with Crippen LogP contribution in [-0.2, 0) is 14.4 Å². The SMILES string of the molecule is O=CC1CC(=O)C(=O)N1. The molecule has 0 aromatic heterocycles. The molecule has 1 aliphatic rings. The number of amides is 1. The summed E-state index contributed by atoms with van der Waals surface area (Å²) in [5, 5.41) is 2.20. The van der Waals surface area contributed by atoms with Gasteiger partial charge in [-0.1, -0.05) is 0 Å². The Bertz CT molecular complexity index is 159. The fourth-order valence-corrected chi connectivity index (χ4v) is 0.674. The summed E-state index contributed by atoms with van der Waals surface area (Å²) in [5.41, 5.74) is 0. The maximum absolute atomic E-state index is 10.4. The highest BCUT2D eigenvalue weighted by Gasteiger charge is 2.28. The molecule has 1 fully saturated rings. The van der Waals surface area contributed by atoms with Gasteiger partial charge in [-0.05, 0) is 0 Å². The van der Waals surface area contributed by atoms with Gasteiger partial charge in [-0.3, -0.25) is 9.59 Å². The Morgan fingerprint density at radius 3 is 2.44 bits per heavy atom. The topological polar surface area (TPSA) is 63.2 Å². The summed E-state index contributed by atoms with van der Waals surface area (Å²) in [6.07, 6.45) is 0.575. The highest BCUT2D eigenvalue weighted by molar-refractivity contribution is 6.39. The maximum Gasteiger partial charge on any atom is 0.288 e. The van der Waals surface area contributed by atoms with Gasteiger partial charge < -0.3 is 10.1 Å². The first kappa shape index (κ1) is 5.94. The van der Waals surface area contributed by atoms with Crippen LogP contribution in [0.2, 0.25) is 0 Å². The van der Waals surface area contributed by atoms with Crippen molar-refractivity contribution < 1.29 is 14.4 Å². The summed E-state index contributed by atoms with van der Waals surface area (Å²) in [7, 11) is 0. The summed E-state index contributed by atoms with van der Waals surface area (Å²) in [5.74, 6) is -1.15. The molecule has 0 bridgehead atoms. The van der Waals surface area contributed by atoms with Crippen molar-refractivity contribution in [3.05, 3.63) is 0 Å². The Labute approximate surface area is 51.2 Å². The zero-order valence-corrected chi connectivity index (χ0v) is 4.59. The van der Waals surface area contributed by atoms with Crippen LogP contribution in [0.15, 0.2) is 0 Å². The number of nitrogens with one attached hydrogen (secondary N) is 1. The molecular weight excluding hydrogens is 122 g/mol. The van der Waals surface area contributed by atoms with Gasteiger partial charge in [0.2, 0.25) is 5.78 Å². The van der Waals surface area contributed by atoms with E-state index in [2.05, 4.69) is 5.32 Å². The van der Waals surface area contributed by atoms with E-state index in [0.29, 0.717) is 6.29 Å². The number of rotatable bonds is 1. The number of hydrogen-bond acceptors (Lipinski definition) is 3. The molecule has 48 valence electrons. The zero-order valence-electron chi connectivity index (χ0n) is 4.59. The predicted octanol–water partition coefficient (Wildman–Crippen LogP) is -1.36. The molecule has 1 rings (SSSR count). The molecule has 4 nitrogen and oxygen atoms in total. The lowest BCUT2D eigenvalue weighted by atomic mass is 10.2. The third-order valence-corrected chi connectivity index (χ3v) is 1.14. The highest BCUT2D eigenvalue weighted by Crippen LogP contribution is 1.98. The first-order valence-corrected chi connectivity index (χ1v) is 2.53.